The van der Waals surface area contributed by atoms with Gasteiger partial charge in [0.1, 0.15) is 6.10 Å². The number of rotatable bonds is 8. The third-order valence-electron chi connectivity index (χ3n) is 3.20. The maximum Gasteiger partial charge on any atom is 0.311 e. The van der Waals surface area contributed by atoms with Crippen molar-refractivity contribution in [3.8, 4) is 0 Å². The third-order valence-corrected chi connectivity index (χ3v) is 3.20. The van der Waals surface area contributed by atoms with Crippen molar-refractivity contribution in [1.82, 2.24) is 0 Å². The van der Waals surface area contributed by atoms with Crippen LogP contribution in [-0.2, 0) is 9.53 Å². The summed E-state index contributed by atoms with van der Waals surface area (Å²) in [6, 6.07) is 0. The first kappa shape index (κ1) is 15.5. The minimum Gasteiger partial charge on any atom is -0.462 e. The summed E-state index contributed by atoms with van der Waals surface area (Å²) in [6.45, 7) is 10.2. The molecular weight excluding hydrogens is 200 g/mol. The number of hydrogen-bond acceptors (Lipinski definition) is 2. The van der Waals surface area contributed by atoms with E-state index in [2.05, 4.69) is 13.8 Å². The molecule has 2 nitrogen and oxygen atoms in total. The summed E-state index contributed by atoms with van der Waals surface area (Å²) in [5, 5.41) is 0. The number of hydrogen-bond donors (Lipinski definition) is 0. The highest BCUT2D eigenvalue weighted by Crippen LogP contribution is 2.24. The summed E-state index contributed by atoms with van der Waals surface area (Å²) >= 11 is 0. The molecule has 1 atom stereocenters. The molecule has 96 valence electrons. The van der Waals surface area contributed by atoms with Crippen molar-refractivity contribution in [2.24, 2.45) is 5.41 Å². The molecular formula is C14H28O2. The quantitative estimate of drug-likeness (QED) is 0.578. The molecule has 0 fully saturated rings. The van der Waals surface area contributed by atoms with Crippen molar-refractivity contribution in [3.63, 3.8) is 0 Å². The van der Waals surface area contributed by atoms with Crippen LogP contribution >= 0.6 is 0 Å². The number of ether oxygens (including phenoxy) is 1. The second-order valence-electron chi connectivity index (χ2n) is 5.20. The predicted octanol–water partition coefficient (Wildman–Crippen LogP) is 4.32. The molecule has 0 bridgehead atoms. The second kappa shape index (κ2) is 7.70. The first-order chi connectivity index (χ1) is 7.47. The highest BCUT2D eigenvalue weighted by molar-refractivity contribution is 5.75. The van der Waals surface area contributed by atoms with Crippen LogP contribution in [0.1, 0.15) is 73.1 Å². The van der Waals surface area contributed by atoms with Crippen molar-refractivity contribution < 1.29 is 9.53 Å². The fourth-order valence-corrected chi connectivity index (χ4v) is 1.47. The molecule has 0 aliphatic carbocycles. The van der Waals surface area contributed by atoms with Gasteiger partial charge in [-0.25, -0.2) is 0 Å². The van der Waals surface area contributed by atoms with Crippen LogP contribution < -0.4 is 0 Å². The van der Waals surface area contributed by atoms with E-state index < -0.39 is 0 Å². The molecule has 0 aromatic rings. The van der Waals surface area contributed by atoms with Crippen LogP contribution in [0.15, 0.2) is 0 Å². The van der Waals surface area contributed by atoms with E-state index in [1.807, 2.05) is 20.8 Å². The number of carbonyl (C=O) groups is 1. The first-order valence-electron chi connectivity index (χ1n) is 6.69. The molecule has 0 aromatic heterocycles. The van der Waals surface area contributed by atoms with Crippen molar-refractivity contribution >= 4 is 5.97 Å². The molecule has 0 amide bonds. The minimum atomic E-state index is -0.335. The zero-order chi connectivity index (χ0) is 12.6. The smallest absolute Gasteiger partial charge is 0.311 e. The standard InChI is InChI=1S/C14H28O2/c1-6-9-11-12(10-7-2)16-13(15)14(4,5)8-3/h12H,6-11H2,1-5H3. The summed E-state index contributed by atoms with van der Waals surface area (Å²) in [5.74, 6) is -0.0375. The van der Waals surface area contributed by atoms with E-state index in [-0.39, 0.29) is 17.5 Å². The molecule has 0 saturated carbocycles. The van der Waals surface area contributed by atoms with Gasteiger partial charge in [0, 0.05) is 0 Å². The van der Waals surface area contributed by atoms with Gasteiger partial charge in [-0.05, 0) is 33.1 Å². The fraction of sp³-hybridized carbons (Fsp3) is 0.929. The Hall–Kier alpha value is -0.530. The fourth-order valence-electron chi connectivity index (χ4n) is 1.47. The number of unbranched alkanes of at least 4 members (excludes halogenated alkanes) is 1. The Morgan fingerprint density at radius 1 is 1.12 bits per heavy atom. The van der Waals surface area contributed by atoms with E-state index >= 15 is 0 Å². The molecule has 0 spiro atoms. The van der Waals surface area contributed by atoms with Gasteiger partial charge in [-0.2, -0.15) is 0 Å². The van der Waals surface area contributed by atoms with Gasteiger partial charge in [0.05, 0.1) is 5.41 Å². The van der Waals surface area contributed by atoms with Gasteiger partial charge in [0.2, 0.25) is 0 Å². The van der Waals surface area contributed by atoms with Gasteiger partial charge in [0.25, 0.3) is 0 Å². The molecule has 0 aliphatic rings. The Kier molecular flexibility index (Phi) is 7.44. The van der Waals surface area contributed by atoms with Crippen LogP contribution in [0.3, 0.4) is 0 Å². The zero-order valence-electron chi connectivity index (χ0n) is 11.6. The van der Waals surface area contributed by atoms with Gasteiger partial charge in [-0.3, -0.25) is 4.79 Å². The van der Waals surface area contributed by atoms with Crippen molar-refractivity contribution in [3.05, 3.63) is 0 Å². The molecule has 0 saturated heterocycles. The molecule has 16 heavy (non-hydrogen) atoms. The lowest BCUT2D eigenvalue weighted by atomic mass is 9.90. The largest absolute Gasteiger partial charge is 0.462 e. The van der Waals surface area contributed by atoms with Gasteiger partial charge in [-0.1, -0.05) is 40.0 Å². The summed E-state index contributed by atoms with van der Waals surface area (Å²) < 4.78 is 5.61. The van der Waals surface area contributed by atoms with Crippen molar-refractivity contribution in [2.75, 3.05) is 0 Å². The molecule has 0 aromatic carbocycles. The molecule has 0 radical (unpaired) electrons. The SMILES string of the molecule is CCCCC(CCC)OC(=O)C(C)(C)CC. The number of carbonyl (C=O) groups excluding carboxylic acids is 1. The molecule has 0 heterocycles. The summed E-state index contributed by atoms with van der Waals surface area (Å²) in [6.07, 6.45) is 6.34. The Morgan fingerprint density at radius 3 is 2.19 bits per heavy atom. The molecule has 0 rings (SSSR count). The summed E-state index contributed by atoms with van der Waals surface area (Å²) in [7, 11) is 0. The molecule has 1 unspecified atom stereocenters. The lowest BCUT2D eigenvalue weighted by molar-refractivity contribution is -0.160. The van der Waals surface area contributed by atoms with Gasteiger partial charge >= 0.3 is 5.97 Å². The summed E-state index contributed by atoms with van der Waals surface area (Å²) in [5.41, 5.74) is -0.335. The van der Waals surface area contributed by atoms with Gasteiger partial charge < -0.3 is 4.74 Å². The van der Waals surface area contributed by atoms with Gasteiger partial charge in [0.15, 0.2) is 0 Å². The highest BCUT2D eigenvalue weighted by Gasteiger charge is 2.29. The van der Waals surface area contributed by atoms with E-state index in [1.54, 1.807) is 0 Å². The van der Waals surface area contributed by atoms with Crippen LogP contribution in [0.5, 0.6) is 0 Å². The van der Waals surface area contributed by atoms with Crippen molar-refractivity contribution in [1.29, 1.82) is 0 Å². The normalized spacial score (nSPS) is 13.6. The lowest BCUT2D eigenvalue weighted by Crippen LogP contribution is -2.30. The van der Waals surface area contributed by atoms with Gasteiger partial charge in [-0.15, -0.1) is 0 Å². The van der Waals surface area contributed by atoms with E-state index in [9.17, 15) is 4.79 Å². The summed E-state index contributed by atoms with van der Waals surface area (Å²) in [4.78, 5) is 11.9. The van der Waals surface area contributed by atoms with Crippen LogP contribution in [0.4, 0.5) is 0 Å². The van der Waals surface area contributed by atoms with Crippen LogP contribution in [0, 0.1) is 5.41 Å². The molecule has 0 N–H and O–H groups in total. The first-order valence-corrected chi connectivity index (χ1v) is 6.69. The Balaban J connectivity index is 4.21. The second-order valence-corrected chi connectivity index (χ2v) is 5.20. The van der Waals surface area contributed by atoms with E-state index in [0.717, 1.165) is 38.5 Å². The van der Waals surface area contributed by atoms with Crippen LogP contribution in [-0.4, -0.2) is 12.1 Å². The molecule has 0 aliphatic heterocycles. The Morgan fingerprint density at radius 2 is 1.75 bits per heavy atom. The number of esters is 1. The van der Waals surface area contributed by atoms with Crippen LogP contribution in [0.2, 0.25) is 0 Å². The van der Waals surface area contributed by atoms with E-state index in [1.165, 1.54) is 0 Å². The van der Waals surface area contributed by atoms with Crippen LogP contribution in [0.25, 0.3) is 0 Å². The highest BCUT2D eigenvalue weighted by atomic mass is 16.5. The topological polar surface area (TPSA) is 26.3 Å². The van der Waals surface area contributed by atoms with E-state index in [0.29, 0.717) is 0 Å². The maximum absolute atomic E-state index is 11.9. The Labute approximate surface area is 101 Å². The molecule has 2 heteroatoms. The monoisotopic (exact) mass is 228 g/mol. The zero-order valence-corrected chi connectivity index (χ0v) is 11.6. The Bertz CT molecular complexity index is 197. The maximum atomic E-state index is 11.9. The minimum absolute atomic E-state index is 0.0375. The van der Waals surface area contributed by atoms with E-state index in [4.69, 9.17) is 4.74 Å². The lowest BCUT2D eigenvalue weighted by Gasteiger charge is -2.25. The van der Waals surface area contributed by atoms with Crippen molar-refractivity contribution in [2.45, 2.75) is 79.2 Å². The predicted molar refractivity (Wildman–Crippen MR) is 68.4 cm³/mol. The third kappa shape index (κ3) is 5.53. The average Bonchev–Trinajstić information content (AvgIpc) is 2.26. The average molecular weight is 228 g/mol.